The predicted molar refractivity (Wildman–Crippen MR) is 47.7 cm³/mol. The molecule has 0 heterocycles. The van der Waals surface area contributed by atoms with Gasteiger partial charge in [0.2, 0.25) is 0 Å². The van der Waals surface area contributed by atoms with E-state index >= 15 is 0 Å². The highest BCUT2D eigenvalue weighted by molar-refractivity contribution is 4.89. The Morgan fingerprint density at radius 2 is 1.85 bits per heavy atom. The molecule has 13 heavy (non-hydrogen) atoms. The van der Waals surface area contributed by atoms with Crippen molar-refractivity contribution in [2.75, 3.05) is 0 Å². The van der Waals surface area contributed by atoms with Crippen LogP contribution in [0.15, 0.2) is 0 Å². The fourth-order valence-corrected chi connectivity index (χ4v) is 2.12. The Labute approximate surface area is 78.1 Å². The minimum Gasteiger partial charge on any atom is -0.393 e. The lowest BCUT2D eigenvalue weighted by molar-refractivity contribution is -0.116. The lowest BCUT2D eigenvalue weighted by Crippen LogP contribution is -2.41. The molecule has 3 heteroatoms. The average Bonchev–Trinajstić information content (AvgIpc) is 1.80. The maximum atomic E-state index is 12.9. The van der Waals surface area contributed by atoms with E-state index in [0.29, 0.717) is 6.42 Å². The number of aliphatic hydroxyl groups is 1. The van der Waals surface area contributed by atoms with E-state index < -0.39 is 12.0 Å². The third-order valence-electron chi connectivity index (χ3n) is 2.91. The molecule has 0 spiro atoms. The van der Waals surface area contributed by atoms with Crippen LogP contribution in [0, 0.1) is 11.3 Å². The van der Waals surface area contributed by atoms with Crippen molar-refractivity contribution in [2.24, 2.45) is 11.3 Å². The van der Waals surface area contributed by atoms with Gasteiger partial charge < -0.3 is 5.11 Å². The topological polar surface area (TPSA) is 20.2 Å². The minimum absolute atomic E-state index is 0.00660. The predicted octanol–water partition coefficient (Wildman–Crippen LogP) is 2.83. The molecular formula is C10H18F2O. The van der Waals surface area contributed by atoms with Gasteiger partial charge in [0.25, 0.3) is 5.92 Å². The van der Waals surface area contributed by atoms with Crippen LogP contribution in [0.4, 0.5) is 8.78 Å². The van der Waals surface area contributed by atoms with Crippen molar-refractivity contribution < 1.29 is 13.9 Å². The molecule has 0 aliphatic heterocycles. The summed E-state index contributed by atoms with van der Waals surface area (Å²) in [5.74, 6) is -2.65. The van der Waals surface area contributed by atoms with Gasteiger partial charge >= 0.3 is 0 Å². The summed E-state index contributed by atoms with van der Waals surface area (Å²) in [5, 5.41) is 9.56. The van der Waals surface area contributed by atoms with Crippen LogP contribution in [0.2, 0.25) is 0 Å². The van der Waals surface area contributed by atoms with Gasteiger partial charge in [-0.25, -0.2) is 8.78 Å². The normalized spacial score (nSPS) is 34.6. The SMILES string of the molecule is CC(C)(C)[C@H]1CCC(F)(F)C[C@@H]1O. The van der Waals surface area contributed by atoms with E-state index in [-0.39, 0.29) is 24.2 Å². The van der Waals surface area contributed by atoms with Gasteiger partial charge in [-0.1, -0.05) is 20.8 Å². The maximum Gasteiger partial charge on any atom is 0.250 e. The van der Waals surface area contributed by atoms with E-state index in [9.17, 15) is 13.9 Å². The van der Waals surface area contributed by atoms with Crippen LogP contribution in [0.1, 0.15) is 40.0 Å². The third-order valence-corrected chi connectivity index (χ3v) is 2.91. The molecule has 0 unspecified atom stereocenters. The Morgan fingerprint density at radius 1 is 1.31 bits per heavy atom. The Hall–Kier alpha value is -0.180. The second kappa shape index (κ2) is 3.19. The molecule has 1 fully saturated rings. The highest BCUT2D eigenvalue weighted by Gasteiger charge is 2.44. The maximum absolute atomic E-state index is 12.9. The fraction of sp³-hybridized carbons (Fsp3) is 1.00. The van der Waals surface area contributed by atoms with Crippen molar-refractivity contribution in [3.63, 3.8) is 0 Å². The second-order valence-corrected chi connectivity index (χ2v) is 5.14. The van der Waals surface area contributed by atoms with E-state index in [4.69, 9.17) is 0 Å². The Balaban J connectivity index is 2.64. The number of alkyl halides is 2. The number of aliphatic hydroxyl groups excluding tert-OH is 1. The van der Waals surface area contributed by atoms with Gasteiger partial charge in [-0.05, 0) is 17.8 Å². The van der Waals surface area contributed by atoms with Gasteiger partial charge in [0.15, 0.2) is 0 Å². The first-order valence-corrected chi connectivity index (χ1v) is 4.78. The summed E-state index contributed by atoms with van der Waals surface area (Å²) in [4.78, 5) is 0. The smallest absolute Gasteiger partial charge is 0.250 e. The molecule has 0 bridgehead atoms. The third kappa shape index (κ3) is 2.63. The molecule has 0 radical (unpaired) electrons. The molecule has 1 saturated carbocycles. The molecule has 0 saturated heterocycles. The molecule has 1 aliphatic carbocycles. The summed E-state index contributed by atoms with van der Waals surface area (Å²) >= 11 is 0. The van der Waals surface area contributed by atoms with Gasteiger partial charge in [-0.2, -0.15) is 0 Å². The van der Waals surface area contributed by atoms with Crippen molar-refractivity contribution in [2.45, 2.75) is 52.1 Å². The first kappa shape index (κ1) is 10.9. The van der Waals surface area contributed by atoms with Crippen LogP contribution in [0.3, 0.4) is 0 Å². The molecule has 78 valence electrons. The Morgan fingerprint density at radius 3 is 2.23 bits per heavy atom. The number of hydrogen-bond acceptors (Lipinski definition) is 1. The van der Waals surface area contributed by atoms with Gasteiger partial charge in [0, 0.05) is 12.8 Å². The largest absolute Gasteiger partial charge is 0.393 e. The lowest BCUT2D eigenvalue weighted by Gasteiger charge is -2.40. The molecule has 1 N–H and O–H groups in total. The van der Waals surface area contributed by atoms with Crippen molar-refractivity contribution in [3.8, 4) is 0 Å². The number of rotatable bonds is 0. The van der Waals surface area contributed by atoms with E-state index in [1.807, 2.05) is 20.8 Å². The van der Waals surface area contributed by atoms with Crippen molar-refractivity contribution >= 4 is 0 Å². The monoisotopic (exact) mass is 192 g/mol. The van der Waals surface area contributed by atoms with Gasteiger partial charge in [0.1, 0.15) is 0 Å². The molecule has 0 aromatic rings. The first-order chi connectivity index (χ1) is 5.72. The summed E-state index contributed by atoms with van der Waals surface area (Å²) in [7, 11) is 0. The highest BCUT2D eigenvalue weighted by Crippen LogP contribution is 2.43. The van der Waals surface area contributed by atoms with Crippen LogP contribution in [-0.4, -0.2) is 17.1 Å². The summed E-state index contributed by atoms with van der Waals surface area (Å²) in [6.45, 7) is 5.97. The molecule has 0 aromatic carbocycles. The summed E-state index contributed by atoms with van der Waals surface area (Å²) < 4.78 is 25.7. The zero-order chi connectivity index (χ0) is 10.3. The summed E-state index contributed by atoms with van der Waals surface area (Å²) in [6, 6.07) is 0. The van der Waals surface area contributed by atoms with Crippen LogP contribution in [0.5, 0.6) is 0 Å². The van der Waals surface area contributed by atoms with Crippen molar-refractivity contribution in [1.29, 1.82) is 0 Å². The zero-order valence-corrected chi connectivity index (χ0v) is 8.48. The molecular weight excluding hydrogens is 174 g/mol. The van der Waals surface area contributed by atoms with Gasteiger partial charge in [-0.15, -0.1) is 0 Å². The molecule has 1 aliphatic rings. The molecule has 2 atom stereocenters. The number of hydrogen-bond donors (Lipinski definition) is 1. The van der Waals surface area contributed by atoms with Crippen molar-refractivity contribution in [1.82, 2.24) is 0 Å². The molecule has 1 rings (SSSR count). The second-order valence-electron chi connectivity index (χ2n) is 5.14. The van der Waals surface area contributed by atoms with Crippen LogP contribution in [-0.2, 0) is 0 Å². The zero-order valence-electron chi connectivity index (χ0n) is 8.48. The van der Waals surface area contributed by atoms with Gasteiger partial charge in [0.05, 0.1) is 6.10 Å². The average molecular weight is 192 g/mol. The Kier molecular flexibility index (Phi) is 2.68. The molecule has 0 aromatic heterocycles. The van der Waals surface area contributed by atoms with E-state index in [2.05, 4.69) is 0 Å². The standard InChI is InChI=1S/C10H18F2O/c1-9(2,3)7-4-5-10(11,12)6-8(7)13/h7-8,13H,4-6H2,1-3H3/t7-,8-/m0/s1. The summed E-state index contributed by atoms with van der Waals surface area (Å²) in [6.07, 6.45) is -0.859. The first-order valence-electron chi connectivity index (χ1n) is 4.78. The quantitative estimate of drug-likeness (QED) is 0.625. The van der Waals surface area contributed by atoms with Crippen LogP contribution >= 0.6 is 0 Å². The summed E-state index contributed by atoms with van der Waals surface area (Å²) in [5.41, 5.74) is -0.0735. The van der Waals surface area contributed by atoms with E-state index in [1.165, 1.54) is 0 Å². The van der Waals surface area contributed by atoms with Crippen LogP contribution in [0.25, 0.3) is 0 Å². The van der Waals surface area contributed by atoms with Gasteiger partial charge in [-0.3, -0.25) is 0 Å². The fourth-order valence-electron chi connectivity index (χ4n) is 2.12. The molecule has 1 nitrogen and oxygen atoms in total. The van der Waals surface area contributed by atoms with E-state index in [0.717, 1.165) is 0 Å². The number of halogens is 2. The molecule has 0 amide bonds. The Bertz CT molecular complexity index is 184. The minimum atomic E-state index is -2.65. The highest BCUT2D eigenvalue weighted by atomic mass is 19.3. The van der Waals surface area contributed by atoms with E-state index in [1.54, 1.807) is 0 Å². The lowest BCUT2D eigenvalue weighted by atomic mass is 9.70. The van der Waals surface area contributed by atoms with Crippen molar-refractivity contribution in [3.05, 3.63) is 0 Å². The van der Waals surface area contributed by atoms with Crippen LogP contribution < -0.4 is 0 Å².